The average Bonchev–Trinajstić information content (AvgIpc) is 3.15. The number of ether oxygens (including phenoxy) is 2. The highest BCUT2D eigenvalue weighted by Gasteiger charge is 2.27. The van der Waals surface area contributed by atoms with Gasteiger partial charge in [-0.25, -0.2) is 4.57 Å². The number of rotatable bonds is 40. The van der Waals surface area contributed by atoms with Crippen molar-refractivity contribution in [2.24, 2.45) is 5.92 Å². The van der Waals surface area contributed by atoms with Crippen LogP contribution in [0.25, 0.3) is 0 Å². The Balaban J connectivity index is 4.35. The third kappa shape index (κ3) is 38.8. The van der Waals surface area contributed by atoms with E-state index in [4.69, 9.17) is 19.1 Å². The van der Waals surface area contributed by atoms with Crippen molar-refractivity contribution in [2.45, 2.75) is 200 Å². The van der Waals surface area contributed by atoms with Crippen LogP contribution < -0.4 is 0 Å². The number of phosphoric ester groups is 1. The Labute approximate surface area is 334 Å². The summed E-state index contributed by atoms with van der Waals surface area (Å²) in [7, 11) is -4.63. The number of allylic oxidation sites excluding steroid dienone is 4. The second-order valence-corrected chi connectivity index (χ2v) is 16.7. The van der Waals surface area contributed by atoms with Crippen molar-refractivity contribution >= 4 is 25.5 Å². The number of phosphoric acid groups is 1. The summed E-state index contributed by atoms with van der Waals surface area (Å²) in [6.07, 6.45) is 31.3. The zero-order chi connectivity index (χ0) is 40.8. The summed E-state index contributed by atoms with van der Waals surface area (Å²) in [4.78, 5) is 46.7. The molecule has 12 heteroatoms. The molecule has 0 rings (SSSR count). The van der Waals surface area contributed by atoms with Crippen molar-refractivity contribution < 1.29 is 52.6 Å². The van der Waals surface area contributed by atoms with E-state index in [1.54, 1.807) is 12.2 Å². The minimum absolute atomic E-state index is 0.166. The number of carbonyl (C=O) groups is 3. The number of hydrogen-bond acceptors (Lipinski definition) is 10. The van der Waals surface area contributed by atoms with Gasteiger partial charge in [-0.15, -0.1) is 0 Å². The zero-order valence-electron chi connectivity index (χ0n) is 34.8. The smallest absolute Gasteiger partial charge is 0.462 e. The second-order valence-electron chi connectivity index (χ2n) is 15.2. The first-order valence-electron chi connectivity index (χ1n) is 21.6. The number of esters is 2. The summed E-state index contributed by atoms with van der Waals surface area (Å²) >= 11 is 0. The van der Waals surface area contributed by atoms with Gasteiger partial charge in [-0.2, -0.15) is 0 Å². The minimum atomic E-state index is -4.63. The summed E-state index contributed by atoms with van der Waals surface area (Å²) in [6.45, 7) is 4.51. The molecule has 0 aromatic carbocycles. The van der Waals surface area contributed by atoms with E-state index in [1.165, 1.54) is 64.2 Å². The van der Waals surface area contributed by atoms with E-state index < -0.39 is 51.8 Å². The fraction of sp³-hybridized carbons (Fsp3) is 0.837. The molecule has 0 aliphatic heterocycles. The Hall–Kier alpha value is -1.88. The summed E-state index contributed by atoms with van der Waals surface area (Å²) in [6, 6.07) is 0. The average molecular weight is 803 g/mol. The van der Waals surface area contributed by atoms with Crippen LogP contribution in [-0.4, -0.2) is 71.5 Å². The summed E-state index contributed by atoms with van der Waals surface area (Å²) < 4.78 is 32.6. The first-order valence-corrected chi connectivity index (χ1v) is 23.1. The van der Waals surface area contributed by atoms with Gasteiger partial charge in [0, 0.05) is 19.3 Å². The SMILES string of the molecule is CCCCCC(=O)/C=C/C=C\CCCCCCCC(=O)OC[C@H](COP(=O)(O)OC[C@@H](O)CO)OC(=O)CCCCCCCCCCCCCCCC(C)C. The molecule has 1 unspecified atom stereocenters. The number of carbonyl (C=O) groups excluding carboxylic acids is 3. The highest BCUT2D eigenvalue weighted by Crippen LogP contribution is 2.43. The molecule has 0 saturated carbocycles. The zero-order valence-corrected chi connectivity index (χ0v) is 35.7. The van der Waals surface area contributed by atoms with Gasteiger partial charge >= 0.3 is 19.8 Å². The van der Waals surface area contributed by atoms with Crippen molar-refractivity contribution in [3.05, 3.63) is 24.3 Å². The number of aliphatic hydroxyl groups is 2. The maximum atomic E-state index is 12.6. The van der Waals surface area contributed by atoms with Gasteiger partial charge < -0.3 is 24.6 Å². The van der Waals surface area contributed by atoms with E-state index >= 15 is 0 Å². The predicted octanol–water partition coefficient (Wildman–Crippen LogP) is 10.4. The Morgan fingerprint density at radius 2 is 1.15 bits per heavy atom. The molecule has 0 aromatic rings. The number of ketones is 1. The molecule has 0 aromatic heterocycles. The molecule has 0 saturated heterocycles. The molecular formula is C43H79O11P. The fourth-order valence-corrected chi connectivity index (χ4v) is 6.65. The number of aliphatic hydroxyl groups excluding tert-OH is 2. The monoisotopic (exact) mass is 803 g/mol. The maximum Gasteiger partial charge on any atom is 0.472 e. The van der Waals surface area contributed by atoms with Crippen LogP contribution in [0.15, 0.2) is 24.3 Å². The molecule has 55 heavy (non-hydrogen) atoms. The fourth-order valence-electron chi connectivity index (χ4n) is 5.87. The lowest BCUT2D eigenvalue weighted by molar-refractivity contribution is -0.161. The lowest BCUT2D eigenvalue weighted by atomic mass is 10.0. The Morgan fingerprint density at radius 3 is 1.71 bits per heavy atom. The van der Waals surface area contributed by atoms with Gasteiger partial charge in [-0.3, -0.25) is 23.4 Å². The lowest BCUT2D eigenvalue weighted by Gasteiger charge is -2.20. The van der Waals surface area contributed by atoms with Gasteiger partial charge in [0.1, 0.15) is 12.7 Å². The molecule has 3 atom stereocenters. The third-order valence-corrected chi connectivity index (χ3v) is 10.2. The highest BCUT2D eigenvalue weighted by molar-refractivity contribution is 7.47. The quantitative estimate of drug-likeness (QED) is 0.0177. The molecule has 0 amide bonds. The molecule has 0 fully saturated rings. The van der Waals surface area contributed by atoms with Crippen LogP contribution in [0.2, 0.25) is 0 Å². The summed E-state index contributed by atoms with van der Waals surface area (Å²) in [5.41, 5.74) is 0. The van der Waals surface area contributed by atoms with Crippen molar-refractivity contribution in [1.29, 1.82) is 0 Å². The molecule has 0 spiro atoms. The van der Waals surface area contributed by atoms with Crippen LogP contribution in [0.3, 0.4) is 0 Å². The summed E-state index contributed by atoms with van der Waals surface area (Å²) in [5.74, 6) is -0.00539. The predicted molar refractivity (Wildman–Crippen MR) is 220 cm³/mol. The number of unbranched alkanes of at least 4 members (excludes halogenated alkanes) is 19. The van der Waals surface area contributed by atoms with E-state index in [0.717, 1.165) is 76.5 Å². The molecule has 11 nitrogen and oxygen atoms in total. The van der Waals surface area contributed by atoms with Crippen LogP contribution in [0, 0.1) is 5.92 Å². The van der Waals surface area contributed by atoms with Crippen molar-refractivity contribution in [3.8, 4) is 0 Å². The number of hydrogen-bond donors (Lipinski definition) is 3. The van der Waals surface area contributed by atoms with Crippen molar-refractivity contribution in [3.63, 3.8) is 0 Å². The van der Waals surface area contributed by atoms with Gasteiger partial charge in [-0.1, -0.05) is 155 Å². The van der Waals surface area contributed by atoms with Crippen LogP contribution in [0.5, 0.6) is 0 Å². The second kappa shape index (κ2) is 37.7. The molecule has 322 valence electrons. The van der Waals surface area contributed by atoms with Gasteiger partial charge in [0.25, 0.3) is 0 Å². The Morgan fingerprint density at radius 1 is 0.636 bits per heavy atom. The minimum Gasteiger partial charge on any atom is -0.462 e. The Kier molecular flexibility index (Phi) is 36.4. The van der Waals surface area contributed by atoms with Crippen LogP contribution in [0.4, 0.5) is 0 Å². The third-order valence-electron chi connectivity index (χ3n) is 9.26. The maximum absolute atomic E-state index is 12.6. The first-order chi connectivity index (χ1) is 26.5. The van der Waals surface area contributed by atoms with Gasteiger partial charge in [0.15, 0.2) is 11.9 Å². The highest BCUT2D eigenvalue weighted by atomic mass is 31.2. The molecular weight excluding hydrogens is 723 g/mol. The molecule has 0 bridgehead atoms. The van der Waals surface area contributed by atoms with Gasteiger partial charge in [-0.05, 0) is 44.1 Å². The van der Waals surface area contributed by atoms with E-state index in [9.17, 15) is 28.9 Å². The normalized spacial score (nSPS) is 14.1. The first kappa shape index (κ1) is 53.1. The Bertz CT molecular complexity index is 1050. The van der Waals surface area contributed by atoms with Crippen molar-refractivity contribution in [2.75, 3.05) is 26.4 Å². The summed E-state index contributed by atoms with van der Waals surface area (Å²) in [5, 5.41) is 18.3. The van der Waals surface area contributed by atoms with E-state index in [1.807, 2.05) is 6.08 Å². The van der Waals surface area contributed by atoms with E-state index in [2.05, 4.69) is 31.4 Å². The molecule has 3 N–H and O–H groups in total. The van der Waals surface area contributed by atoms with Crippen molar-refractivity contribution in [1.82, 2.24) is 0 Å². The van der Waals surface area contributed by atoms with E-state index in [-0.39, 0.29) is 25.2 Å². The molecule has 0 radical (unpaired) electrons. The molecule has 0 aliphatic rings. The largest absolute Gasteiger partial charge is 0.472 e. The van der Waals surface area contributed by atoms with Crippen LogP contribution >= 0.6 is 7.82 Å². The van der Waals surface area contributed by atoms with Gasteiger partial charge in [0.05, 0.1) is 19.8 Å². The van der Waals surface area contributed by atoms with Crippen LogP contribution in [0.1, 0.15) is 188 Å². The standard InChI is InChI=1S/C43H79O11P/c1-4-5-24-30-39(45)31-26-21-17-13-11-15-18-22-27-32-42(47)51-36-41(37-53-55(49,50)52-35-40(46)34-44)54-43(48)33-28-23-19-14-10-8-6-7-9-12-16-20-25-29-38(2)3/h17,21,26,31,38,40-41,44,46H,4-16,18-20,22-25,27-30,32-37H2,1-3H3,(H,49,50)/b21-17-,31-26+/t40-,41+/m0/s1. The topological polar surface area (TPSA) is 166 Å². The molecule has 0 aliphatic carbocycles. The lowest BCUT2D eigenvalue weighted by Crippen LogP contribution is -2.29. The van der Waals surface area contributed by atoms with Gasteiger partial charge in [0.2, 0.25) is 0 Å². The van der Waals surface area contributed by atoms with E-state index in [0.29, 0.717) is 19.3 Å². The van der Waals surface area contributed by atoms with Crippen LogP contribution in [-0.2, 0) is 37.5 Å². The molecule has 0 heterocycles.